The summed E-state index contributed by atoms with van der Waals surface area (Å²) < 4.78 is 0. The zero-order valence-electron chi connectivity index (χ0n) is 11.4. The molecule has 0 spiro atoms. The molecular formula is C14H18ClN3O2. The topological polar surface area (TPSA) is 61.4 Å². The van der Waals surface area contributed by atoms with Crippen molar-refractivity contribution in [3.63, 3.8) is 0 Å². The second-order valence-electron chi connectivity index (χ2n) is 4.78. The molecule has 0 unspecified atom stereocenters. The van der Waals surface area contributed by atoms with E-state index < -0.39 is 0 Å². The van der Waals surface area contributed by atoms with E-state index in [4.69, 9.17) is 11.6 Å². The minimum Gasteiger partial charge on any atom is -0.353 e. The molecule has 0 aliphatic carbocycles. The molecule has 1 aliphatic heterocycles. The monoisotopic (exact) mass is 295 g/mol. The van der Waals surface area contributed by atoms with Crippen LogP contribution in [0.2, 0.25) is 5.02 Å². The van der Waals surface area contributed by atoms with E-state index in [0.29, 0.717) is 11.6 Å². The molecule has 20 heavy (non-hydrogen) atoms. The van der Waals surface area contributed by atoms with E-state index in [1.807, 2.05) is 12.1 Å². The van der Waals surface area contributed by atoms with Crippen LogP contribution in [0.1, 0.15) is 18.9 Å². The first-order valence-electron chi connectivity index (χ1n) is 6.67. The molecule has 6 heteroatoms. The predicted octanol–water partition coefficient (Wildman–Crippen LogP) is 1.30. The van der Waals surface area contributed by atoms with Crippen molar-refractivity contribution < 1.29 is 9.59 Å². The number of hydrogen-bond acceptors (Lipinski definition) is 4. The molecule has 0 bridgehead atoms. The molecule has 5 nitrogen and oxygen atoms in total. The minimum absolute atomic E-state index is 0.173. The first-order chi connectivity index (χ1) is 9.60. The van der Waals surface area contributed by atoms with Crippen LogP contribution in [-0.2, 0) is 16.1 Å². The molecule has 1 aliphatic rings. The van der Waals surface area contributed by atoms with Gasteiger partial charge in [-0.1, -0.05) is 24.6 Å². The summed E-state index contributed by atoms with van der Waals surface area (Å²) in [5.41, 5.74) is 1.87. The first kappa shape index (κ1) is 14.8. The van der Waals surface area contributed by atoms with Gasteiger partial charge in [-0.05, 0) is 30.7 Å². The zero-order chi connectivity index (χ0) is 14.5. The van der Waals surface area contributed by atoms with Crippen LogP contribution in [0, 0.1) is 0 Å². The van der Waals surface area contributed by atoms with E-state index in [1.165, 1.54) is 0 Å². The second kappa shape index (κ2) is 6.72. The standard InChI is InChI=1S/C14H18ClN3O2/c1-2-5-16-7-10-3-4-11(15)6-12(10)18-8-13(19)17-14(20)9-18/h3-4,6,16H,2,5,7-9H2,1H3,(H,17,19,20). The van der Waals surface area contributed by atoms with Gasteiger partial charge in [-0.2, -0.15) is 0 Å². The summed E-state index contributed by atoms with van der Waals surface area (Å²) in [5.74, 6) is -0.567. The highest BCUT2D eigenvalue weighted by atomic mass is 35.5. The summed E-state index contributed by atoms with van der Waals surface area (Å²) >= 11 is 6.04. The number of amides is 2. The van der Waals surface area contributed by atoms with Crippen molar-refractivity contribution in [1.29, 1.82) is 0 Å². The molecule has 108 valence electrons. The highest BCUT2D eigenvalue weighted by molar-refractivity contribution is 6.30. The van der Waals surface area contributed by atoms with Gasteiger partial charge in [0.15, 0.2) is 0 Å². The van der Waals surface area contributed by atoms with Gasteiger partial charge in [-0.15, -0.1) is 0 Å². The normalized spacial score (nSPS) is 15.4. The number of rotatable bonds is 5. The van der Waals surface area contributed by atoms with Gasteiger partial charge in [-0.25, -0.2) is 0 Å². The molecule has 2 rings (SSSR count). The minimum atomic E-state index is -0.284. The number of imide groups is 1. The fraction of sp³-hybridized carbons (Fsp3) is 0.429. The molecule has 1 fully saturated rings. The summed E-state index contributed by atoms with van der Waals surface area (Å²) in [6.07, 6.45) is 1.05. The summed E-state index contributed by atoms with van der Waals surface area (Å²) in [6, 6.07) is 5.55. The van der Waals surface area contributed by atoms with Crippen LogP contribution in [0.5, 0.6) is 0 Å². The lowest BCUT2D eigenvalue weighted by Crippen LogP contribution is -2.51. The van der Waals surface area contributed by atoms with Gasteiger partial charge in [0.1, 0.15) is 0 Å². The quantitative estimate of drug-likeness (QED) is 0.635. The van der Waals surface area contributed by atoms with Crippen molar-refractivity contribution in [2.75, 3.05) is 24.5 Å². The summed E-state index contributed by atoms with van der Waals surface area (Å²) in [5, 5.41) is 6.21. The molecule has 0 atom stereocenters. The third kappa shape index (κ3) is 3.71. The Kier molecular flexibility index (Phi) is 4.98. The number of carbonyl (C=O) groups excluding carboxylic acids is 2. The van der Waals surface area contributed by atoms with E-state index in [1.54, 1.807) is 11.0 Å². The molecule has 1 aromatic rings. The van der Waals surface area contributed by atoms with Crippen LogP contribution in [-0.4, -0.2) is 31.4 Å². The lowest BCUT2D eigenvalue weighted by molar-refractivity contribution is -0.130. The highest BCUT2D eigenvalue weighted by Crippen LogP contribution is 2.25. The maximum absolute atomic E-state index is 11.5. The van der Waals surface area contributed by atoms with Crippen LogP contribution >= 0.6 is 11.6 Å². The fourth-order valence-corrected chi connectivity index (χ4v) is 2.35. The number of nitrogens with one attached hydrogen (secondary N) is 2. The molecule has 2 amide bonds. The molecule has 0 aromatic heterocycles. The molecular weight excluding hydrogens is 278 g/mol. The average Bonchev–Trinajstić information content (AvgIpc) is 2.39. The Hall–Kier alpha value is -1.59. The van der Waals surface area contributed by atoms with Crippen LogP contribution in [0.4, 0.5) is 5.69 Å². The summed E-state index contributed by atoms with van der Waals surface area (Å²) in [7, 11) is 0. The maximum Gasteiger partial charge on any atom is 0.246 e. The maximum atomic E-state index is 11.5. The van der Waals surface area contributed by atoms with Gasteiger partial charge in [0.2, 0.25) is 11.8 Å². The Morgan fingerprint density at radius 2 is 2.00 bits per heavy atom. The largest absolute Gasteiger partial charge is 0.353 e. The Bertz CT molecular complexity index is 503. The molecule has 2 N–H and O–H groups in total. The first-order valence-corrected chi connectivity index (χ1v) is 7.04. The van der Waals surface area contributed by atoms with E-state index in [-0.39, 0.29) is 24.9 Å². The number of halogens is 1. The van der Waals surface area contributed by atoms with Crippen LogP contribution < -0.4 is 15.5 Å². The molecule has 1 aromatic carbocycles. The van der Waals surface area contributed by atoms with Crippen molar-refractivity contribution >= 4 is 29.1 Å². The van der Waals surface area contributed by atoms with Gasteiger partial charge in [0, 0.05) is 17.3 Å². The fourth-order valence-electron chi connectivity index (χ4n) is 2.19. The second-order valence-corrected chi connectivity index (χ2v) is 5.21. The molecule has 0 saturated carbocycles. The predicted molar refractivity (Wildman–Crippen MR) is 78.8 cm³/mol. The van der Waals surface area contributed by atoms with E-state index in [9.17, 15) is 9.59 Å². The summed E-state index contributed by atoms with van der Waals surface area (Å²) in [4.78, 5) is 24.7. The smallest absolute Gasteiger partial charge is 0.246 e. The van der Waals surface area contributed by atoms with Gasteiger partial charge >= 0.3 is 0 Å². The van der Waals surface area contributed by atoms with Crippen LogP contribution in [0.25, 0.3) is 0 Å². The zero-order valence-corrected chi connectivity index (χ0v) is 12.2. The van der Waals surface area contributed by atoms with Crippen LogP contribution in [0.3, 0.4) is 0 Å². The third-order valence-electron chi connectivity index (χ3n) is 3.08. The Morgan fingerprint density at radius 3 is 2.65 bits per heavy atom. The van der Waals surface area contributed by atoms with Crippen molar-refractivity contribution in [2.45, 2.75) is 19.9 Å². The average molecular weight is 296 g/mol. The van der Waals surface area contributed by atoms with Gasteiger partial charge < -0.3 is 10.2 Å². The van der Waals surface area contributed by atoms with E-state index in [2.05, 4.69) is 17.6 Å². The lowest BCUT2D eigenvalue weighted by atomic mass is 10.1. The number of hydrogen-bond donors (Lipinski definition) is 2. The third-order valence-corrected chi connectivity index (χ3v) is 3.31. The summed E-state index contributed by atoms with van der Waals surface area (Å²) in [6.45, 7) is 4.05. The van der Waals surface area contributed by atoms with E-state index >= 15 is 0 Å². The van der Waals surface area contributed by atoms with E-state index in [0.717, 1.165) is 24.2 Å². The molecule has 1 heterocycles. The van der Waals surface area contributed by atoms with Crippen molar-refractivity contribution in [2.24, 2.45) is 0 Å². The van der Waals surface area contributed by atoms with Crippen molar-refractivity contribution in [3.05, 3.63) is 28.8 Å². The van der Waals surface area contributed by atoms with Crippen molar-refractivity contribution in [3.8, 4) is 0 Å². The van der Waals surface area contributed by atoms with Gasteiger partial charge in [0.25, 0.3) is 0 Å². The Balaban J connectivity index is 2.21. The number of carbonyl (C=O) groups is 2. The number of piperazine rings is 1. The Labute approximate surface area is 123 Å². The molecule has 1 saturated heterocycles. The van der Waals surface area contributed by atoms with Gasteiger partial charge in [0.05, 0.1) is 13.1 Å². The van der Waals surface area contributed by atoms with Crippen LogP contribution in [0.15, 0.2) is 18.2 Å². The molecule has 0 radical (unpaired) electrons. The number of anilines is 1. The number of benzene rings is 1. The SMILES string of the molecule is CCCNCc1ccc(Cl)cc1N1CC(=O)NC(=O)C1. The lowest BCUT2D eigenvalue weighted by Gasteiger charge is -2.29. The Morgan fingerprint density at radius 1 is 1.30 bits per heavy atom. The highest BCUT2D eigenvalue weighted by Gasteiger charge is 2.24. The number of nitrogens with zero attached hydrogens (tertiary/aromatic N) is 1. The van der Waals surface area contributed by atoms with Crippen molar-refractivity contribution in [1.82, 2.24) is 10.6 Å². The van der Waals surface area contributed by atoms with Gasteiger partial charge in [-0.3, -0.25) is 14.9 Å².